The van der Waals surface area contributed by atoms with Gasteiger partial charge < -0.3 is 0 Å². The molecule has 1 unspecified atom stereocenters. The van der Waals surface area contributed by atoms with Crippen LogP contribution in [-0.4, -0.2) is 0 Å². The third-order valence-electron chi connectivity index (χ3n) is 2.54. The molecule has 0 aliphatic heterocycles. The first-order valence-electron chi connectivity index (χ1n) is 4.59. The Balaban J connectivity index is 3.27. The van der Waals surface area contributed by atoms with Crippen LogP contribution in [0, 0.1) is 27.7 Å². The van der Waals surface area contributed by atoms with Gasteiger partial charge >= 0.3 is 0 Å². The second-order valence-electron chi connectivity index (χ2n) is 3.64. The topological polar surface area (TPSA) is 0 Å². The molecule has 1 atom stereocenters. The van der Waals surface area contributed by atoms with Crippen molar-refractivity contribution in [2.75, 3.05) is 0 Å². The van der Waals surface area contributed by atoms with Crippen molar-refractivity contribution in [1.29, 1.82) is 0 Å². The van der Waals surface area contributed by atoms with Gasteiger partial charge in [-0.25, -0.2) is 0 Å². The smallest absolute Gasteiger partial charge is 0.00184 e. The molecule has 1 rings (SSSR count). The van der Waals surface area contributed by atoms with Crippen molar-refractivity contribution in [2.45, 2.75) is 26.7 Å². The molecule has 0 nitrogen and oxygen atoms in total. The van der Waals surface area contributed by atoms with Crippen molar-refractivity contribution in [3.63, 3.8) is 0 Å². The Kier molecular flexibility index (Phi) is 2.92. The van der Waals surface area contributed by atoms with E-state index in [1.54, 1.807) is 0 Å². The molecule has 0 spiro atoms. The summed E-state index contributed by atoms with van der Waals surface area (Å²) in [5.41, 5.74) is 5.28. The number of hydrogen-bond acceptors (Lipinski definition) is 0. The molecule has 0 fully saturated rings. The van der Waals surface area contributed by atoms with Gasteiger partial charge in [-0.1, -0.05) is 23.8 Å². The molecular weight excluding hydrogens is 156 g/mol. The summed E-state index contributed by atoms with van der Waals surface area (Å²) in [7, 11) is 0. The molecule has 0 N–H and O–H groups in total. The fourth-order valence-corrected chi connectivity index (χ4v) is 1.58. The van der Waals surface area contributed by atoms with E-state index in [-0.39, 0.29) is 5.92 Å². The minimum Gasteiger partial charge on any atom is -0.102 e. The van der Waals surface area contributed by atoms with E-state index >= 15 is 0 Å². The Morgan fingerprint density at radius 3 is 2.38 bits per heavy atom. The van der Waals surface area contributed by atoms with Crippen molar-refractivity contribution in [3.05, 3.63) is 54.0 Å². The predicted octanol–water partition coefficient (Wildman–Crippen LogP) is 3.72. The van der Waals surface area contributed by atoms with Crippen LogP contribution >= 0.6 is 0 Å². The lowest BCUT2D eigenvalue weighted by atomic mass is 9.92. The lowest BCUT2D eigenvalue weighted by Gasteiger charge is -2.13. The van der Waals surface area contributed by atoms with Gasteiger partial charge in [0.15, 0.2) is 0 Å². The lowest BCUT2D eigenvalue weighted by molar-refractivity contribution is 1.04. The molecule has 1 radical (unpaired) electrons. The van der Waals surface area contributed by atoms with Crippen LogP contribution in [0.2, 0.25) is 0 Å². The average Bonchev–Trinajstić information content (AvgIpc) is 2.10. The summed E-state index contributed by atoms with van der Waals surface area (Å²) in [5, 5.41) is 0. The molecule has 0 saturated carbocycles. The van der Waals surface area contributed by atoms with Crippen LogP contribution in [-0.2, 0) is 0 Å². The van der Waals surface area contributed by atoms with Gasteiger partial charge in [0, 0.05) is 5.92 Å². The molecule has 0 aromatic heterocycles. The third-order valence-corrected chi connectivity index (χ3v) is 2.54. The van der Waals surface area contributed by atoms with E-state index in [0.29, 0.717) is 0 Å². The Hall–Kier alpha value is -1.04. The minimum atomic E-state index is 0.207. The molecule has 0 amide bonds. The number of aryl methyl sites for hydroxylation is 2. The molecule has 0 aliphatic carbocycles. The lowest BCUT2D eigenvalue weighted by Crippen LogP contribution is -1.96. The molecule has 0 saturated heterocycles. The molecular formula is C13H17. The van der Waals surface area contributed by atoms with E-state index in [0.717, 1.165) is 0 Å². The second kappa shape index (κ2) is 3.78. The summed E-state index contributed by atoms with van der Waals surface area (Å²) in [4.78, 5) is 0. The van der Waals surface area contributed by atoms with E-state index in [2.05, 4.69) is 46.4 Å². The number of allylic oxidation sites excluding steroid dienone is 1. The Morgan fingerprint density at radius 1 is 1.23 bits per heavy atom. The first-order valence-corrected chi connectivity index (χ1v) is 4.59. The molecule has 69 valence electrons. The Bertz CT molecular complexity index is 321. The van der Waals surface area contributed by atoms with Gasteiger partial charge in [0.1, 0.15) is 0 Å². The highest BCUT2D eigenvalue weighted by Gasteiger charge is 2.07. The maximum absolute atomic E-state index is 4.05. The quantitative estimate of drug-likeness (QED) is 0.598. The highest BCUT2D eigenvalue weighted by molar-refractivity contribution is 5.41. The fraction of sp³-hybridized carbons (Fsp3) is 0.308. The molecule has 13 heavy (non-hydrogen) atoms. The molecule has 0 aliphatic rings. The van der Waals surface area contributed by atoms with Crippen molar-refractivity contribution in [1.82, 2.24) is 0 Å². The second-order valence-corrected chi connectivity index (χ2v) is 3.64. The third kappa shape index (κ3) is 2.00. The maximum Gasteiger partial charge on any atom is 0.00184 e. The molecule has 0 bridgehead atoms. The first-order chi connectivity index (χ1) is 6.06. The van der Waals surface area contributed by atoms with Gasteiger partial charge in [0.05, 0.1) is 0 Å². The largest absolute Gasteiger partial charge is 0.102 e. The van der Waals surface area contributed by atoms with E-state index in [4.69, 9.17) is 0 Å². The minimum absolute atomic E-state index is 0.207. The zero-order valence-corrected chi connectivity index (χ0v) is 8.72. The van der Waals surface area contributed by atoms with Crippen molar-refractivity contribution < 1.29 is 0 Å². The SMILES string of the molecule is [CH2]C(C=C)c1cc(C)cc(C)c1C. The summed E-state index contributed by atoms with van der Waals surface area (Å²) < 4.78 is 0. The van der Waals surface area contributed by atoms with Crippen LogP contribution in [0.15, 0.2) is 24.8 Å². The molecule has 0 heterocycles. The van der Waals surface area contributed by atoms with E-state index in [9.17, 15) is 0 Å². The summed E-state index contributed by atoms with van der Waals surface area (Å²) in [5.74, 6) is 0.207. The van der Waals surface area contributed by atoms with E-state index in [1.807, 2.05) is 6.08 Å². The van der Waals surface area contributed by atoms with E-state index in [1.165, 1.54) is 22.3 Å². The van der Waals surface area contributed by atoms with Crippen LogP contribution in [0.5, 0.6) is 0 Å². The average molecular weight is 173 g/mol. The maximum atomic E-state index is 4.05. The van der Waals surface area contributed by atoms with E-state index < -0.39 is 0 Å². The highest BCUT2D eigenvalue weighted by Crippen LogP contribution is 2.23. The molecule has 0 heteroatoms. The fourth-order valence-electron chi connectivity index (χ4n) is 1.58. The number of benzene rings is 1. The van der Waals surface area contributed by atoms with Gasteiger partial charge in [0.2, 0.25) is 0 Å². The zero-order chi connectivity index (χ0) is 10.0. The van der Waals surface area contributed by atoms with Crippen molar-refractivity contribution >= 4 is 0 Å². The van der Waals surface area contributed by atoms with Crippen LogP contribution in [0.3, 0.4) is 0 Å². The highest BCUT2D eigenvalue weighted by atomic mass is 14.1. The van der Waals surface area contributed by atoms with Crippen molar-refractivity contribution in [2.24, 2.45) is 0 Å². The first kappa shape index (κ1) is 10.0. The standard InChI is InChI=1S/C13H17/c1-6-10(3)13-8-9(2)7-11(4)12(13)5/h6-8,10H,1,3H2,2,4-5H3. The molecule has 1 aromatic rings. The summed E-state index contributed by atoms with van der Waals surface area (Å²) in [6, 6.07) is 4.40. The Morgan fingerprint density at radius 2 is 1.85 bits per heavy atom. The van der Waals surface area contributed by atoms with Gasteiger partial charge in [-0.2, -0.15) is 0 Å². The summed E-state index contributed by atoms with van der Waals surface area (Å²) >= 11 is 0. The van der Waals surface area contributed by atoms with Gasteiger partial charge in [-0.05, 0) is 44.4 Å². The number of rotatable bonds is 2. The zero-order valence-electron chi connectivity index (χ0n) is 8.72. The van der Waals surface area contributed by atoms with Crippen LogP contribution in [0.25, 0.3) is 0 Å². The summed E-state index contributed by atoms with van der Waals surface area (Å²) in [6.45, 7) is 14.2. The van der Waals surface area contributed by atoms with Crippen molar-refractivity contribution in [3.8, 4) is 0 Å². The van der Waals surface area contributed by atoms with Crippen LogP contribution in [0.1, 0.15) is 28.2 Å². The summed E-state index contributed by atoms with van der Waals surface area (Å²) in [6.07, 6.45) is 1.89. The molecule has 1 aromatic carbocycles. The number of hydrogen-bond donors (Lipinski definition) is 0. The predicted molar refractivity (Wildman–Crippen MR) is 58.9 cm³/mol. The Labute approximate surface area is 81.3 Å². The van der Waals surface area contributed by atoms with Crippen LogP contribution in [0.4, 0.5) is 0 Å². The van der Waals surface area contributed by atoms with Gasteiger partial charge in [-0.3, -0.25) is 0 Å². The van der Waals surface area contributed by atoms with Gasteiger partial charge in [0.25, 0.3) is 0 Å². The van der Waals surface area contributed by atoms with Gasteiger partial charge in [-0.15, -0.1) is 6.58 Å². The normalized spacial score (nSPS) is 12.6. The van der Waals surface area contributed by atoms with Crippen LogP contribution < -0.4 is 0 Å². The monoisotopic (exact) mass is 173 g/mol.